The van der Waals surface area contributed by atoms with E-state index < -0.39 is 0 Å². The molecule has 2 aromatic carbocycles. The number of carbonyl (C=O) groups excluding carboxylic acids is 1. The molecule has 2 heterocycles. The van der Waals surface area contributed by atoms with Gasteiger partial charge in [-0.25, -0.2) is 4.98 Å². The summed E-state index contributed by atoms with van der Waals surface area (Å²) >= 11 is 0. The summed E-state index contributed by atoms with van der Waals surface area (Å²) in [7, 11) is 1.68. The second kappa shape index (κ2) is 9.29. The van der Waals surface area contributed by atoms with Gasteiger partial charge in [-0.15, -0.1) is 0 Å². The quantitative estimate of drug-likeness (QED) is 0.390. The van der Waals surface area contributed by atoms with Crippen LogP contribution >= 0.6 is 0 Å². The number of aryl methyl sites for hydroxylation is 1. The highest BCUT2D eigenvalue weighted by Crippen LogP contribution is 2.32. The minimum Gasteiger partial charge on any atom is -0.495 e. The van der Waals surface area contributed by atoms with Crippen LogP contribution in [-0.2, 0) is 6.42 Å². The van der Waals surface area contributed by atoms with Crippen LogP contribution in [0.4, 0.5) is 0 Å². The first-order valence-corrected chi connectivity index (χ1v) is 11.9. The van der Waals surface area contributed by atoms with Crippen LogP contribution in [0.3, 0.4) is 0 Å². The highest BCUT2D eigenvalue weighted by atomic mass is 16.5. The molecule has 1 aliphatic rings. The van der Waals surface area contributed by atoms with Gasteiger partial charge in [0.25, 0.3) is 5.91 Å². The van der Waals surface area contributed by atoms with E-state index in [1.165, 1.54) is 24.0 Å². The molecule has 1 amide bonds. The van der Waals surface area contributed by atoms with Crippen LogP contribution in [0.2, 0.25) is 0 Å². The normalized spacial score (nSPS) is 13.3. The SMILES string of the molecule is COc1cccc2c(CCN(CC3CC3)C(=O)c3nccnc3-c3cccc(C)c3C)c[nH]c12. The molecule has 0 spiro atoms. The van der Waals surface area contributed by atoms with Crippen LogP contribution in [0.5, 0.6) is 5.75 Å². The van der Waals surface area contributed by atoms with Crippen molar-refractivity contribution in [2.24, 2.45) is 5.92 Å². The van der Waals surface area contributed by atoms with Gasteiger partial charge in [-0.1, -0.05) is 30.3 Å². The van der Waals surface area contributed by atoms with Crippen molar-refractivity contribution < 1.29 is 9.53 Å². The summed E-state index contributed by atoms with van der Waals surface area (Å²) in [6.07, 6.45) is 8.42. The Morgan fingerprint density at radius 1 is 1.12 bits per heavy atom. The molecular formula is C28H30N4O2. The molecule has 5 rings (SSSR count). The standard InChI is InChI=1S/C28H30N4O2/c1-18-6-4-7-22(19(18)2)26-27(30-14-13-29-26)28(33)32(17-20-10-11-20)15-12-21-16-31-25-23(21)8-5-9-24(25)34-3/h4-9,13-14,16,20,31H,10-12,15,17H2,1-3H3. The largest absolute Gasteiger partial charge is 0.495 e. The Balaban J connectivity index is 1.44. The Bertz CT molecular complexity index is 1340. The van der Waals surface area contributed by atoms with Crippen molar-refractivity contribution in [3.05, 3.63) is 77.4 Å². The second-order valence-corrected chi connectivity index (χ2v) is 9.14. The lowest BCUT2D eigenvalue weighted by Gasteiger charge is -2.23. The van der Waals surface area contributed by atoms with Crippen molar-refractivity contribution >= 4 is 16.8 Å². The molecule has 174 valence electrons. The number of methoxy groups -OCH3 is 1. The maximum absolute atomic E-state index is 13.8. The van der Waals surface area contributed by atoms with Crippen LogP contribution in [-0.4, -0.2) is 46.0 Å². The third-order valence-electron chi connectivity index (χ3n) is 6.86. The number of fused-ring (bicyclic) bond motifs is 1. The van der Waals surface area contributed by atoms with Gasteiger partial charge < -0.3 is 14.6 Å². The number of carbonyl (C=O) groups is 1. The van der Waals surface area contributed by atoms with Crippen molar-refractivity contribution in [3.8, 4) is 17.0 Å². The van der Waals surface area contributed by atoms with E-state index in [-0.39, 0.29) is 5.91 Å². The first-order valence-electron chi connectivity index (χ1n) is 11.9. The van der Waals surface area contributed by atoms with Crippen LogP contribution in [0.15, 0.2) is 55.0 Å². The predicted octanol–water partition coefficient (Wildman–Crippen LogP) is 5.35. The number of para-hydroxylation sites is 1. The predicted molar refractivity (Wildman–Crippen MR) is 134 cm³/mol. The first kappa shape index (κ1) is 22.1. The van der Waals surface area contributed by atoms with Gasteiger partial charge in [0.2, 0.25) is 0 Å². The number of H-pyrrole nitrogens is 1. The molecule has 0 saturated heterocycles. The molecule has 34 heavy (non-hydrogen) atoms. The maximum Gasteiger partial charge on any atom is 0.274 e. The van der Waals surface area contributed by atoms with Gasteiger partial charge in [-0.3, -0.25) is 9.78 Å². The van der Waals surface area contributed by atoms with Gasteiger partial charge in [0, 0.05) is 42.6 Å². The van der Waals surface area contributed by atoms with E-state index in [9.17, 15) is 4.79 Å². The number of hydrogen-bond acceptors (Lipinski definition) is 4. The number of nitrogens with one attached hydrogen (secondary N) is 1. The molecule has 6 heteroatoms. The summed E-state index contributed by atoms with van der Waals surface area (Å²) in [6.45, 7) is 5.53. The van der Waals surface area contributed by atoms with Gasteiger partial charge in [0.05, 0.1) is 12.6 Å². The smallest absolute Gasteiger partial charge is 0.274 e. The van der Waals surface area contributed by atoms with Crippen LogP contribution in [0.1, 0.15) is 40.0 Å². The molecule has 1 N–H and O–H groups in total. The van der Waals surface area contributed by atoms with Crippen molar-refractivity contribution in [1.82, 2.24) is 19.9 Å². The van der Waals surface area contributed by atoms with Crippen molar-refractivity contribution in [3.63, 3.8) is 0 Å². The van der Waals surface area contributed by atoms with Crippen molar-refractivity contribution in [1.29, 1.82) is 0 Å². The number of aromatic amines is 1. The Hall–Kier alpha value is -3.67. The Morgan fingerprint density at radius 3 is 2.71 bits per heavy atom. The molecule has 2 aromatic heterocycles. The van der Waals surface area contributed by atoms with Gasteiger partial charge in [-0.05, 0) is 61.8 Å². The zero-order valence-corrected chi connectivity index (χ0v) is 20.0. The summed E-state index contributed by atoms with van der Waals surface area (Å²) < 4.78 is 5.49. The van der Waals surface area contributed by atoms with Gasteiger partial charge >= 0.3 is 0 Å². The van der Waals surface area contributed by atoms with Gasteiger partial charge in [0.15, 0.2) is 5.69 Å². The highest BCUT2D eigenvalue weighted by molar-refractivity contribution is 5.98. The third kappa shape index (κ3) is 4.28. The van der Waals surface area contributed by atoms with Crippen LogP contribution < -0.4 is 4.74 Å². The maximum atomic E-state index is 13.8. The number of benzene rings is 2. The molecule has 4 aromatic rings. The fraction of sp³-hybridized carbons (Fsp3) is 0.321. The molecule has 0 aliphatic heterocycles. The molecule has 0 atom stereocenters. The molecule has 1 saturated carbocycles. The summed E-state index contributed by atoms with van der Waals surface area (Å²) in [4.78, 5) is 28.2. The lowest BCUT2D eigenvalue weighted by molar-refractivity contribution is 0.0744. The van der Waals surface area contributed by atoms with E-state index in [1.807, 2.05) is 35.4 Å². The number of amides is 1. The van der Waals surface area contributed by atoms with Crippen molar-refractivity contribution in [2.45, 2.75) is 33.1 Å². The molecule has 0 bridgehead atoms. The minimum absolute atomic E-state index is 0.0478. The molecule has 6 nitrogen and oxygen atoms in total. The lowest BCUT2D eigenvalue weighted by Crippen LogP contribution is -2.35. The van der Waals surface area contributed by atoms with Crippen molar-refractivity contribution in [2.75, 3.05) is 20.2 Å². The first-order chi connectivity index (χ1) is 16.6. The second-order valence-electron chi connectivity index (χ2n) is 9.14. The fourth-order valence-electron chi connectivity index (χ4n) is 4.55. The average Bonchev–Trinajstić information content (AvgIpc) is 3.59. The zero-order chi connectivity index (χ0) is 23.7. The van der Waals surface area contributed by atoms with E-state index in [0.29, 0.717) is 23.9 Å². The number of hydrogen-bond donors (Lipinski definition) is 1. The monoisotopic (exact) mass is 454 g/mol. The van der Waals surface area contributed by atoms with E-state index in [4.69, 9.17) is 4.74 Å². The Labute approximate surface area is 200 Å². The number of ether oxygens (including phenoxy) is 1. The summed E-state index contributed by atoms with van der Waals surface area (Å²) in [5, 5.41) is 1.13. The van der Waals surface area contributed by atoms with E-state index in [2.05, 4.69) is 40.9 Å². The average molecular weight is 455 g/mol. The molecule has 1 fully saturated rings. The van der Waals surface area contributed by atoms with Gasteiger partial charge in [0.1, 0.15) is 11.4 Å². The highest BCUT2D eigenvalue weighted by Gasteiger charge is 2.29. The number of rotatable bonds is 8. The molecular weight excluding hydrogens is 424 g/mol. The fourth-order valence-corrected chi connectivity index (χ4v) is 4.55. The number of aromatic nitrogens is 3. The van der Waals surface area contributed by atoms with E-state index in [1.54, 1.807) is 19.5 Å². The molecule has 0 radical (unpaired) electrons. The molecule has 1 aliphatic carbocycles. The lowest BCUT2D eigenvalue weighted by atomic mass is 9.99. The Kier molecular flexibility index (Phi) is 6.05. The molecule has 0 unspecified atom stereocenters. The third-order valence-corrected chi connectivity index (χ3v) is 6.86. The summed E-state index contributed by atoms with van der Waals surface area (Å²) in [6, 6.07) is 12.2. The van der Waals surface area contributed by atoms with E-state index in [0.717, 1.165) is 40.7 Å². The summed E-state index contributed by atoms with van der Waals surface area (Å²) in [5.41, 5.74) is 6.52. The van der Waals surface area contributed by atoms with Crippen LogP contribution in [0.25, 0.3) is 22.2 Å². The number of nitrogens with zero attached hydrogens (tertiary/aromatic N) is 3. The topological polar surface area (TPSA) is 71.1 Å². The van der Waals surface area contributed by atoms with Crippen LogP contribution in [0, 0.1) is 19.8 Å². The Morgan fingerprint density at radius 2 is 1.91 bits per heavy atom. The zero-order valence-electron chi connectivity index (χ0n) is 20.0. The van der Waals surface area contributed by atoms with Gasteiger partial charge in [-0.2, -0.15) is 0 Å². The van der Waals surface area contributed by atoms with E-state index >= 15 is 0 Å². The summed E-state index contributed by atoms with van der Waals surface area (Å²) in [5.74, 6) is 1.36. The minimum atomic E-state index is -0.0478.